The third kappa shape index (κ3) is 12.7. The van der Waals surface area contributed by atoms with E-state index in [2.05, 4.69) is 448 Å². The molecule has 0 radical (unpaired) electrons. The standard InChI is InChI=1S/C114H89BN2O2/c1-112(2,3)86-66-93(76-42-24-14-25-43-76)110(94(67-86)77-44-26-15-27-45-77)117-100-65-79(85-62-82(74-38-20-12-21-39-74)59-83(63-85)75-40-22-13-23-41-75)54-56-97(100)115-98-64-78(84-60-80(72-34-16-10-17-35-72)58-81(61-84)73-36-18-11-19-37-73)55-57-99(98)116(101-70-88(114(7,8)9)71-102(117)109(101)115)111-95(89-48-32-52-105-107(89)91-46-28-30-50-103(91)118-105)68-87(113(4,5)6)69-96(111)90-49-33-53-106-108(90)92-47-29-31-51-104(92)119-106/h10-71H,1-9H3. The van der Waals surface area contributed by atoms with Gasteiger partial charge >= 0.3 is 0 Å². The van der Waals surface area contributed by atoms with Crippen molar-refractivity contribution in [2.45, 2.75) is 78.6 Å². The minimum Gasteiger partial charge on any atom is -0.456 e. The predicted molar refractivity (Wildman–Crippen MR) is 505 cm³/mol. The number of anilines is 6. The number of nitrogens with zero attached hydrogens (tertiary/aromatic N) is 2. The number of rotatable bonds is 12. The van der Waals surface area contributed by atoms with Crippen molar-refractivity contribution in [1.29, 1.82) is 0 Å². The van der Waals surface area contributed by atoms with E-state index in [9.17, 15) is 0 Å². The van der Waals surface area contributed by atoms with Gasteiger partial charge in [-0.25, -0.2) is 0 Å². The van der Waals surface area contributed by atoms with Gasteiger partial charge in [-0.1, -0.05) is 329 Å². The molecular formula is C114H89BN2O2. The first kappa shape index (κ1) is 72.7. The number of hydrogen-bond acceptors (Lipinski definition) is 4. The maximum atomic E-state index is 7.01. The topological polar surface area (TPSA) is 32.8 Å². The first-order chi connectivity index (χ1) is 57.9. The van der Waals surface area contributed by atoms with Crippen LogP contribution in [0.4, 0.5) is 34.1 Å². The van der Waals surface area contributed by atoms with Gasteiger partial charge in [0.2, 0.25) is 0 Å². The number of furan rings is 2. The van der Waals surface area contributed by atoms with E-state index < -0.39 is 5.41 Å². The number of benzene rings is 17. The largest absolute Gasteiger partial charge is 0.456 e. The molecule has 0 amide bonds. The van der Waals surface area contributed by atoms with Crippen LogP contribution in [0.15, 0.2) is 385 Å². The van der Waals surface area contributed by atoms with Gasteiger partial charge in [0, 0.05) is 66.5 Å². The summed E-state index contributed by atoms with van der Waals surface area (Å²) in [5.74, 6) is 0. The Hall–Kier alpha value is -14.0. The van der Waals surface area contributed by atoms with Crippen LogP contribution in [0.25, 0.3) is 155 Å². The summed E-state index contributed by atoms with van der Waals surface area (Å²) in [6.45, 7) is 21.0. The van der Waals surface area contributed by atoms with Crippen molar-refractivity contribution in [1.82, 2.24) is 0 Å². The normalized spacial score (nSPS) is 12.7. The van der Waals surface area contributed by atoms with Crippen LogP contribution in [0.1, 0.15) is 79.0 Å². The fourth-order valence-electron chi connectivity index (χ4n) is 18.8. The van der Waals surface area contributed by atoms with Crippen LogP contribution in [-0.2, 0) is 16.2 Å². The maximum absolute atomic E-state index is 7.01. The molecule has 4 nitrogen and oxygen atoms in total. The highest BCUT2D eigenvalue weighted by atomic mass is 16.3. The lowest BCUT2D eigenvalue weighted by atomic mass is 9.33. The van der Waals surface area contributed by atoms with Crippen molar-refractivity contribution in [3.8, 4) is 111 Å². The van der Waals surface area contributed by atoms with E-state index in [0.29, 0.717) is 0 Å². The SMILES string of the molecule is CC(C)(C)c1cc(-c2ccccc2)c(N2c3cc(-c4cc(-c5ccccc5)cc(-c5ccccc5)c4)ccc3B3c4cc(-c5cc(-c6ccccc6)cc(-c6ccccc6)c5)ccc4N(c4c(-c5cccc6oc7ccccc7c56)cc(C(C)(C)C)cc4-c4cccc5oc6ccccc6c45)c4cc(C(C)(C)C)cc2c43)c(-c2ccccc2)c1. The van der Waals surface area contributed by atoms with Crippen molar-refractivity contribution in [2.75, 3.05) is 9.80 Å². The van der Waals surface area contributed by atoms with E-state index in [1.165, 1.54) is 33.1 Å². The molecule has 0 saturated carbocycles. The Kier molecular flexibility index (Phi) is 17.4. The Morgan fingerprint density at radius 1 is 0.210 bits per heavy atom. The van der Waals surface area contributed by atoms with Crippen molar-refractivity contribution in [3.05, 3.63) is 393 Å². The average molecular weight is 1530 g/mol. The quantitative estimate of drug-likeness (QED) is 0.114. The second-order valence-corrected chi connectivity index (χ2v) is 35.5. The molecule has 0 fully saturated rings. The highest BCUT2D eigenvalue weighted by Gasteiger charge is 2.47. The van der Waals surface area contributed by atoms with Gasteiger partial charge < -0.3 is 18.6 Å². The van der Waals surface area contributed by atoms with Gasteiger partial charge in [-0.2, -0.15) is 0 Å². The molecule has 570 valence electrons. The first-order valence-corrected chi connectivity index (χ1v) is 41.8. The lowest BCUT2D eigenvalue weighted by Gasteiger charge is -2.47. The van der Waals surface area contributed by atoms with Gasteiger partial charge in [0.25, 0.3) is 6.71 Å². The summed E-state index contributed by atoms with van der Waals surface area (Å²) in [7, 11) is 0. The summed E-state index contributed by atoms with van der Waals surface area (Å²) in [5.41, 5.74) is 38.8. The summed E-state index contributed by atoms with van der Waals surface area (Å²) in [6.07, 6.45) is 0. The third-order valence-corrected chi connectivity index (χ3v) is 24.8. The van der Waals surface area contributed by atoms with Crippen molar-refractivity contribution in [3.63, 3.8) is 0 Å². The molecule has 2 aliphatic heterocycles. The Morgan fingerprint density at radius 2 is 0.529 bits per heavy atom. The summed E-state index contributed by atoms with van der Waals surface area (Å²) in [5, 5.41) is 4.26. The molecule has 21 rings (SSSR count). The zero-order valence-electron chi connectivity index (χ0n) is 68.6. The van der Waals surface area contributed by atoms with Gasteiger partial charge in [-0.15, -0.1) is 0 Å². The van der Waals surface area contributed by atoms with Crippen LogP contribution in [0, 0.1) is 0 Å². The van der Waals surface area contributed by atoms with Gasteiger partial charge in [0.15, 0.2) is 0 Å². The highest BCUT2D eigenvalue weighted by molar-refractivity contribution is 7.00. The van der Waals surface area contributed by atoms with E-state index in [1.807, 2.05) is 0 Å². The van der Waals surface area contributed by atoms with Crippen molar-refractivity contribution >= 4 is 101 Å². The van der Waals surface area contributed by atoms with Crippen molar-refractivity contribution < 1.29 is 8.83 Å². The zero-order valence-corrected chi connectivity index (χ0v) is 68.6. The minimum absolute atomic E-state index is 0.238. The van der Waals surface area contributed by atoms with Crippen molar-refractivity contribution in [2.24, 2.45) is 0 Å². The van der Waals surface area contributed by atoms with Crippen LogP contribution in [-0.4, -0.2) is 6.71 Å². The van der Waals surface area contributed by atoms with Gasteiger partial charge in [0.1, 0.15) is 22.3 Å². The number of fused-ring (bicyclic) bond motifs is 10. The molecule has 5 heteroatoms. The van der Waals surface area contributed by atoms with E-state index in [0.717, 1.165) is 189 Å². The number of hydrogen-bond donors (Lipinski definition) is 0. The Bertz CT molecular complexity index is 6890. The van der Waals surface area contributed by atoms with E-state index in [4.69, 9.17) is 8.83 Å². The molecule has 2 aromatic heterocycles. The van der Waals surface area contributed by atoms with Crippen LogP contribution >= 0.6 is 0 Å². The first-order valence-electron chi connectivity index (χ1n) is 41.8. The minimum atomic E-state index is -0.401. The summed E-state index contributed by atoms with van der Waals surface area (Å²) >= 11 is 0. The van der Waals surface area contributed by atoms with Crippen LogP contribution < -0.4 is 26.2 Å². The van der Waals surface area contributed by atoms with Gasteiger partial charge in [-0.3, -0.25) is 0 Å². The molecule has 0 bridgehead atoms. The molecule has 17 aromatic carbocycles. The smallest absolute Gasteiger partial charge is 0.252 e. The van der Waals surface area contributed by atoms with Crippen LogP contribution in [0.2, 0.25) is 0 Å². The lowest BCUT2D eigenvalue weighted by molar-refractivity contribution is 0.590. The molecule has 2 aliphatic rings. The fraction of sp³-hybridized carbons (Fsp3) is 0.105. The molecular weight excluding hydrogens is 1440 g/mol. The number of para-hydroxylation sites is 2. The lowest BCUT2D eigenvalue weighted by Crippen LogP contribution is -2.61. The Labute approximate surface area is 697 Å². The highest BCUT2D eigenvalue weighted by Crippen LogP contribution is 2.58. The summed E-state index contributed by atoms with van der Waals surface area (Å²) in [6, 6.07) is 141. The van der Waals surface area contributed by atoms with Crippen LogP contribution in [0.5, 0.6) is 0 Å². The predicted octanol–water partition coefficient (Wildman–Crippen LogP) is 30.1. The molecule has 0 atom stereocenters. The van der Waals surface area contributed by atoms with Crippen LogP contribution in [0.3, 0.4) is 0 Å². The zero-order chi connectivity index (χ0) is 80.6. The van der Waals surface area contributed by atoms with Gasteiger partial charge in [0.05, 0.1) is 11.4 Å². The second-order valence-electron chi connectivity index (χ2n) is 35.5. The Morgan fingerprint density at radius 3 is 0.933 bits per heavy atom. The van der Waals surface area contributed by atoms with E-state index in [1.54, 1.807) is 0 Å². The molecule has 4 heterocycles. The summed E-state index contributed by atoms with van der Waals surface area (Å²) in [4.78, 5) is 5.47. The monoisotopic (exact) mass is 1530 g/mol. The molecule has 119 heavy (non-hydrogen) atoms. The molecule has 0 spiro atoms. The molecule has 0 N–H and O–H groups in total. The molecule has 19 aromatic rings. The molecule has 0 aliphatic carbocycles. The van der Waals surface area contributed by atoms with Gasteiger partial charge in [-0.05, 0) is 248 Å². The Balaban J connectivity index is 0.953. The molecule has 0 unspecified atom stereocenters. The fourth-order valence-corrected chi connectivity index (χ4v) is 18.8. The third-order valence-electron chi connectivity index (χ3n) is 24.8. The average Bonchev–Trinajstić information content (AvgIpc) is 0.794. The van der Waals surface area contributed by atoms with E-state index in [-0.39, 0.29) is 17.5 Å². The van der Waals surface area contributed by atoms with E-state index >= 15 is 0 Å². The molecule has 0 saturated heterocycles. The summed E-state index contributed by atoms with van der Waals surface area (Å²) < 4.78 is 14.0. The second kappa shape index (κ2) is 28.4. The maximum Gasteiger partial charge on any atom is 0.252 e.